The average Bonchev–Trinajstić information content (AvgIpc) is 2.46. The van der Waals surface area contributed by atoms with Gasteiger partial charge < -0.3 is 5.73 Å². The fraction of sp³-hybridized carbons (Fsp3) is 0.368. The molecule has 2 aromatic rings. The van der Waals surface area contributed by atoms with Crippen LogP contribution in [0.4, 0.5) is 0 Å². The van der Waals surface area contributed by atoms with Gasteiger partial charge >= 0.3 is 0 Å². The molecule has 0 aliphatic carbocycles. The molecule has 2 N–H and O–H groups in total. The first kappa shape index (κ1) is 16.1. The topological polar surface area (TPSA) is 26.0 Å². The lowest BCUT2D eigenvalue weighted by atomic mass is 9.84. The van der Waals surface area contributed by atoms with Crippen LogP contribution in [0.1, 0.15) is 50.5 Å². The number of halogens is 1. The third kappa shape index (κ3) is 2.73. The Morgan fingerprint density at radius 2 is 1.29 bits per heavy atom. The summed E-state index contributed by atoms with van der Waals surface area (Å²) >= 11 is 6.12. The van der Waals surface area contributed by atoms with Crippen LogP contribution in [0, 0.1) is 41.5 Å². The van der Waals surface area contributed by atoms with E-state index in [9.17, 15) is 0 Å². The van der Waals surface area contributed by atoms with Gasteiger partial charge in [0.2, 0.25) is 0 Å². The summed E-state index contributed by atoms with van der Waals surface area (Å²) in [7, 11) is 0. The van der Waals surface area contributed by atoms with E-state index in [4.69, 9.17) is 17.3 Å². The van der Waals surface area contributed by atoms with Gasteiger partial charge in [-0.25, -0.2) is 0 Å². The first-order valence-electron chi connectivity index (χ1n) is 7.34. The van der Waals surface area contributed by atoms with Gasteiger partial charge in [-0.05, 0) is 92.1 Å². The van der Waals surface area contributed by atoms with E-state index in [0.29, 0.717) is 0 Å². The molecule has 0 bridgehead atoms. The molecule has 0 fully saturated rings. The minimum atomic E-state index is -0.112. The van der Waals surface area contributed by atoms with Gasteiger partial charge in [-0.2, -0.15) is 0 Å². The Kier molecular flexibility index (Phi) is 4.46. The summed E-state index contributed by atoms with van der Waals surface area (Å²) in [4.78, 5) is 0. The third-order valence-electron chi connectivity index (χ3n) is 4.91. The molecule has 0 radical (unpaired) electrons. The summed E-state index contributed by atoms with van der Waals surface area (Å²) in [6, 6.07) is 5.95. The van der Waals surface area contributed by atoms with E-state index in [1.165, 1.54) is 33.4 Å². The standard InChI is InChI=1S/C19H24ClN/c1-10-9-16(7-8-17(10)20)19(21)18-14(5)12(3)11(2)13(4)15(18)6/h7-9,19H,21H2,1-6H3. The van der Waals surface area contributed by atoms with Gasteiger partial charge in [0.15, 0.2) is 0 Å². The van der Waals surface area contributed by atoms with Crippen LogP contribution in [0.5, 0.6) is 0 Å². The lowest BCUT2D eigenvalue weighted by molar-refractivity contribution is 0.841. The van der Waals surface area contributed by atoms with Crippen molar-refractivity contribution in [1.29, 1.82) is 0 Å². The molecular weight excluding hydrogens is 278 g/mol. The Morgan fingerprint density at radius 1 is 0.810 bits per heavy atom. The van der Waals surface area contributed by atoms with E-state index in [0.717, 1.165) is 16.1 Å². The van der Waals surface area contributed by atoms with Crippen LogP contribution in [0.25, 0.3) is 0 Å². The zero-order valence-corrected chi connectivity index (χ0v) is 14.5. The molecular formula is C19H24ClN. The lowest BCUT2D eigenvalue weighted by Crippen LogP contribution is -2.17. The normalized spacial score (nSPS) is 12.6. The quantitative estimate of drug-likeness (QED) is 0.806. The van der Waals surface area contributed by atoms with Gasteiger partial charge in [0.1, 0.15) is 0 Å². The second-order valence-corrected chi connectivity index (χ2v) is 6.43. The van der Waals surface area contributed by atoms with Crippen molar-refractivity contribution in [2.45, 2.75) is 47.6 Å². The Hall–Kier alpha value is -1.31. The zero-order valence-electron chi connectivity index (χ0n) is 13.8. The van der Waals surface area contributed by atoms with Crippen molar-refractivity contribution < 1.29 is 0 Å². The molecule has 0 aromatic heterocycles. The van der Waals surface area contributed by atoms with Gasteiger partial charge in [-0.15, -0.1) is 0 Å². The van der Waals surface area contributed by atoms with Crippen LogP contribution in [-0.4, -0.2) is 0 Å². The van der Waals surface area contributed by atoms with Crippen molar-refractivity contribution in [2.24, 2.45) is 5.73 Å². The van der Waals surface area contributed by atoms with Crippen molar-refractivity contribution in [2.75, 3.05) is 0 Å². The molecule has 0 saturated heterocycles. The second kappa shape index (κ2) is 5.82. The molecule has 2 heteroatoms. The highest BCUT2D eigenvalue weighted by atomic mass is 35.5. The predicted molar refractivity (Wildman–Crippen MR) is 92.3 cm³/mol. The predicted octanol–water partition coefficient (Wildman–Crippen LogP) is 5.24. The van der Waals surface area contributed by atoms with Gasteiger partial charge in [-0.1, -0.05) is 23.7 Å². The van der Waals surface area contributed by atoms with Gasteiger partial charge in [0.05, 0.1) is 6.04 Å². The Balaban J connectivity index is 2.63. The summed E-state index contributed by atoms with van der Waals surface area (Å²) < 4.78 is 0. The summed E-state index contributed by atoms with van der Waals surface area (Å²) in [5.41, 5.74) is 16.7. The van der Waals surface area contributed by atoms with E-state index in [1.807, 2.05) is 19.1 Å². The van der Waals surface area contributed by atoms with Crippen LogP contribution < -0.4 is 5.73 Å². The monoisotopic (exact) mass is 301 g/mol. The first-order chi connectivity index (χ1) is 9.75. The largest absolute Gasteiger partial charge is 0.320 e. The number of benzene rings is 2. The lowest BCUT2D eigenvalue weighted by Gasteiger charge is -2.24. The highest BCUT2D eigenvalue weighted by molar-refractivity contribution is 6.31. The summed E-state index contributed by atoms with van der Waals surface area (Å²) in [6.45, 7) is 12.9. The highest BCUT2D eigenvalue weighted by Gasteiger charge is 2.19. The van der Waals surface area contributed by atoms with Crippen LogP contribution in [-0.2, 0) is 0 Å². The van der Waals surface area contributed by atoms with E-state index in [-0.39, 0.29) is 6.04 Å². The summed E-state index contributed by atoms with van der Waals surface area (Å²) in [5.74, 6) is 0. The maximum absolute atomic E-state index is 6.58. The molecule has 0 aliphatic rings. The average molecular weight is 302 g/mol. The molecule has 1 unspecified atom stereocenters. The van der Waals surface area contributed by atoms with Gasteiger partial charge in [0, 0.05) is 5.02 Å². The summed E-state index contributed by atoms with van der Waals surface area (Å²) in [5, 5.41) is 0.788. The van der Waals surface area contributed by atoms with Gasteiger partial charge in [-0.3, -0.25) is 0 Å². The van der Waals surface area contributed by atoms with Crippen molar-refractivity contribution in [3.05, 3.63) is 67.7 Å². The molecule has 21 heavy (non-hydrogen) atoms. The van der Waals surface area contributed by atoms with E-state index >= 15 is 0 Å². The number of nitrogens with two attached hydrogens (primary N) is 1. The fourth-order valence-electron chi connectivity index (χ4n) is 3.02. The van der Waals surface area contributed by atoms with Gasteiger partial charge in [0.25, 0.3) is 0 Å². The number of rotatable bonds is 2. The number of hydrogen-bond acceptors (Lipinski definition) is 1. The Bertz CT molecular complexity index is 672. The van der Waals surface area contributed by atoms with Crippen LogP contribution in [0.15, 0.2) is 18.2 Å². The first-order valence-corrected chi connectivity index (χ1v) is 7.72. The van der Waals surface area contributed by atoms with E-state index in [1.54, 1.807) is 0 Å². The van der Waals surface area contributed by atoms with E-state index < -0.39 is 0 Å². The molecule has 1 nitrogen and oxygen atoms in total. The molecule has 0 heterocycles. The van der Waals surface area contributed by atoms with Crippen molar-refractivity contribution in [1.82, 2.24) is 0 Å². The molecule has 1 atom stereocenters. The Morgan fingerprint density at radius 3 is 1.76 bits per heavy atom. The molecule has 0 spiro atoms. The van der Waals surface area contributed by atoms with Crippen LogP contribution in [0.2, 0.25) is 5.02 Å². The zero-order chi connectivity index (χ0) is 15.9. The minimum Gasteiger partial charge on any atom is -0.320 e. The maximum Gasteiger partial charge on any atom is 0.0557 e. The molecule has 0 aliphatic heterocycles. The smallest absolute Gasteiger partial charge is 0.0557 e. The van der Waals surface area contributed by atoms with E-state index in [2.05, 4.69) is 40.7 Å². The molecule has 2 aromatic carbocycles. The van der Waals surface area contributed by atoms with Crippen molar-refractivity contribution >= 4 is 11.6 Å². The van der Waals surface area contributed by atoms with Crippen molar-refractivity contribution in [3.8, 4) is 0 Å². The minimum absolute atomic E-state index is 0.112. The van der Waals surface area contributed by atoms with Crippen LogP contribution in [0.3, 0.4) is 0 Å². The molecule has 0 saturated carbocycles. The SMILES string of the molecule is Cc1cc(C(N)c2c(C)c(C)c(C)c(C)c2C)ccc1Cl. The number of aryl methyl sites for hydroxylation is 1. The second-order valence-electron chi connectivity index (χ2n) is 6.02. The number of hydrogen-bond donors (Lipinski definition) is 1. The molecule has 2 rings (SSSR count). The maximum atomic E-state index is 6.58. The third-order valence-corrected chi connectivity index (χ3v) is 5.33. The summed E-state index contributed by atoms with van der Waals surface area (Å²) in [6.07, 6.45) is 0. The highest BCUT2D eigenvalue weighted by Crippen LogP contribution is 2.33. The Labute approximate surface area is 133 Å². The van der Waals surface area contributed by atoms with Crippen molar-refractivity contribution in [3.63, 3.8) is 0 Å². The van der Waals surface area contributed by atoms with Crippen LogP contribution >= 0.6 is 11.6 Å². The molecule has 0 amide bonds. The fourth-order valence-corrected chi connectivity index (χ4v) is 3.14. The molecule has 112 valence electrons.